The molecule has 3 heteroatoms. The van der Waals surface area contributed by atoms with Crippen LogP contribution in [0.5, 0.6) is 0 Å². The van der Waals surface area contributed by atoms with E-state index in [9.17, 15) is 0 Å². The molecule has 0 aliphatic heterocycles. The Bertz CT molecular complexity index is 485. The highest BCUT2D eigenvalue weighted by molar-refractivity contribution is 5.61. The molecule has 1 N–H and O–H groups in total. The quantitative estimate of drug-likeness (QED) is 0.877. The fourth-order valence-corrected chi connectivity index (χ4v) is 1.92. The first-order valence-corrected chi connectivity index (χ1v) is 6.45. The predicted octanol–water partition coefficient (Wildman–Crippen LogP) is 3.06. The Hall–Kier alpha value is -1.61. The summed E-state index contributed by atoms with van der Waals surface area (Å²) in [6.45, 7) is 4.49. The van der Waals surface area contributed by atoms with Crippen LogP contribution in [0.2, 0.25) is 0 Å². The smallest absolute Gasteiger partial charge is 0.0568 e. The third-order valence-electron chi connectivity index (χ3n) is 3.04. The minimum absolute atomic E-state index is 0.253. The van der Waals surface area contributed by atoms with Crippen molar-refractivity contribution in [1.82, 2.24) is 9.78 Å². The Morgan fingerprint density at radius 2 is 1.89 bits per heavy atom. The first kappa shape index (κ1) is 12.8. The molecule has 0 spiro atoms. The van der Waals surface area contributed by atoms with E-state index in [4.69, 9.17) is 5.11 Å². The highest BCUT2D eigenvalue weighted by atomic mass is 16.2. The first-order chi connectivity index (χ1) is 8.70. The van der Waals surface area contributed by atoms with Crippen LogP contribution in [0.1, 0.15) is 31.9 Å². The maximum Gasteiger partial charge on any atom is 0.0568 e. The molecule has 0 unspecified atom stereocenters. The van der Waals surface area contributed by atoms with Crippen LogP contribution in [0, 0.1) is 0 Å². The van der Waals surface area contributed by atoms with Gasteiger partial charge in [-0.15, -0.1) is 0 Å². The maximum atomic E-state index is 8.80. The van der Waals surface area contributed by atoms with E-state index in [1.165, 1.54) is 11.1 Å². The molecule has 0 bridgehead atoms. The summed E-state index contributed by atoms with van der Waals surface area (Å²) in [5.41, 5.74) is 3.61. The van der Waals surface area contributed by atoms with Crippen molar-refractivity contribution in [2.45, 2.75) is 32.7 Å². The van der Waals surface area contributed by atoms with Crippen LogP contribution in [0.3, 0.4) is 0 Å². The number of aliphatic hydroxyl groups excluding tert-OH is 1. The van der Waals surface area contributed by atoms with Gasteiger partial charge in [0.1, 0.15) is 0 Å². The second-order valence-electron chi connectivity index (χ2n) is 4.83. The molecule has 1 heterocycles. The van der Waals surface area contributed by atoms with Crippen molar-refractivity contribution < 1.29 is 5.11 Å². The van der Waals surface area contributed by atoms with E-state index in [2.05, 4.69) is 49.4 Å². The highest BCUT2D eigenvalue weighted by Gasteiger charge is 2.04. The lowest BCUT2D eigenvalue weighted by molar-refractivity contribution is 0.288. The van der Waals surface area contributed by atoms with Gasteiger partial charge >= 0.3 is 0 Å². The Kier molecular flexibility index (Phi) is 4.15. The van der Waals surface area contributed by atoms with Crippen molar-refractivity contribution in [2.24, 2.45) is 0 Å². The zero-order valence-electron chi connectivity index (χ0n) is 11.0. The predicted molar refractivity (Wildman–Crippen MR) is 73.5 cm³/mol. The van der Waals surface area contributed by atoms with E-state index in [0.29, 0.717) is 6.04 Å². The molecule has 1 aromatic carbocycles. The summed E-state index contributed by atoms with van der Waals surface area (Å²) in [4.78, 5) is 0. The molecule has 0 amide bonds. The fraction of sp³-hybridized carbons (Fsp3) is 0.400. The van der Waals surface area contributed by atoms with Gasteiger partial charge in [-0.3, -0.25) is 4.68 Å². The second-order valence-corrected chi connectivity index (χ2v) is 4.83. The SMILES string of the molecule is CC(C)n1cc(-c2ccc(CCCO)cc2)cn1. The molecule has 0 fully saturated rings. The lowest BCUT2D eigenvalue weighted by Gasteiger charge is -2.04. The first-order valence-electron chi connectivity index (χ1n) is 6.45. The molecule has 0 saturated heterocycles. The van der Waals surface area contributed by atoms with Crippen molar-refractivity contribution in [3.63, 3.8) is 0 Å². The number of rotatable bonds is 5. The number of aliphatic hydroxyl groups is 1. The molecule has 0 saturated carbocycles. The van der Waals surface area contributed by atoms with Crippen molar-refractivity contribution in [1.29, 1.82) is 0 Å². The maximum absolute atomic E-state index is 8.80. The highest BCUT2D eigenvalue weighted by Crippen LogP contribution is 2.20. The summed E-state index contributed by atoms with van der Waals surface area (Å²) in [5, 5.41) is 13.2. The van der Waals surface area contributed by atoms with Crippen LogP contribution in [-0.4, -0.2) is 21.5 Å². The largest absolute Gasteiger partial charge is 0.396 e. The van der Waals surface area contributed by atoms with E-state index in [1.54, 1.807) is 0 Å². The number of hydrogen-bond donors (Lipinski definition) is 1. The van der Waals surface area contributed by atoms with Crippen LogP contribution in [0.25, 0.3) is 11.1 Å². The Morgan fingerprint density at radius 1 is 1.17 bits per heavy atom. The van der Waals surface area contributed by atoms with E-state index < -0.39 is 0 Å². The molecule has 0 aliphatic rings. The zero-order chi connectivity index (χ0) is 13.0. The van der Waals surface area contributed by atoms with E-state index in [1.807, 2.05) is 10.9 Å². The van der Waals surface area contributed by atoms with Gasteiger partial charge in [-0.25, -0.2) is 0 Å². The van der Waals surface area contributed by atoms with Gasteiger partial charge in [-0.1, -0.05) is 24.3 Å². The van der Waals surface area contributed by atoms with Gasteiger partial charge in [0.25, 0.3) is 0 Å². The van der Waals surface area contributed by atoms with E-state index >= 15 is 0 Å². The molecule has 2 aromatic rings. The van der Waals surface area contributed by atoms with Gasteiger partial charge in [0.2, 0.25) is 0 Å². The van der Waals surface area contributed by atoms with Gasteiger partial charge < -0.3 is 5.11 Å². The number of nitrogens with zero attached hydrogens (tertiary/aromatic N) is 2. The Morgan fingerprint density at radius 3 is 2.44 bits per heavy atom. The molecule has 18 heavy (non-hydrogen) atoms. The number of aryl methyl sites for hydroxylation is 1. The third kappa shape index (κ3) is 2.99. The fourth-order valence-electron chi connectivity index (χ4n) is 1.92. The standard InChI is InChI=1S/C15H20N2O/c1-12(2)17-11-15(10-16-17)14-7-5-13(6-8-14)4-3-9-18/h5-8,10-12,18H,3-4,9H2,1-2H3. The van der Waals surface area contributed by atoms with Gasteiger partial charge in [0.15, 0.2) is 0 Å². The van der Waals surface area contributed by atoms with Crippen LogP contribution in [0.15, 0.2) is 36.7 Å². The molecule has 1 aromatic heterocycles. The molecule has 0 radical (unpaired) electrons. The third-order valence-corrected chi connectivity index (χ3v) is 3.04. The minimum Gasteiger partial charge on any atom is -0.396 e. The molecule has 96 valence electrons. The summed E-state index contributed by atoms with van der Waals surface area (Å²) >= 11 is 0. The van der Waals surface area contributed by atoms with Crippen LogP contribution >= 0.6 is 0 Å². The van der Waals surface area contributed by atoms with E-state index in [-0.39, 0.29) is 6.61 Å². The summed E-state index contributed by atoms with van der Waals surface area (Å²) in [5.74, 6) is 0. The van der Waals surface area contributed by atoms with Gasteiger partial charge in [0, 0.05) is 24.4 Å². The van der Waals surface area contributed by atoms with Crippen molar-refractivity contribution >= 4 is 0 Å². The number of benzene rings is 1. The van der Waals surface area contributed by atoms with E-state index in [0.717, 1.165) is 18.4 Å². The van der Waals surface area contributed by atoms with Crippen molar-refractivity contribution in [3.8, 4) is 11.1 Å². The van der Waals surface area contributed by atoms with Crippen LogP contribution in [0.4, 0.5) is 0 Å². The molecule has 3 nitrogen and oxygen atoms in total. The van der Waals surface area contributed by atoms with Gasteiger partial charge in [-0.2, -0.15) is 5.10 Å². The molecule has 0 aliphatic carbocycles. The van der Waals surface area contributed by atoms with Gasteiger partial charge in [-0.05, 0) is 37.8 Å². The normalized spacial score (nSPS) is 11.1. The van der Waals surface area contributed by atoms with Crippen LogP contribution in [-0.2, 0) is 6.42 Å². The Labute approximate surface area is 108 Å². The number of aromatic nitrogens is 2. The summed E-state index contributed by atoms with van der Waals surface area (Å²) in [6, 6.07) is 8.88. The summed E-state index contributed by atoms with van der Waals surface area (Å²) < 4.78 is 1.97. The molecular formula is C15H20N2O. The topological polar surface area (TPSA) is 38.0 Å². The lowest BCUT2D eigenvalue weighted by atomic mass is 10.0. The monoisotopic (exact) mass is 244 g/mol. The molecule has 0 atom stereocenters. The summed E-state index contributed by atoms with van der Waals surface area (Å²) in [6.07, 6.45) is 5.74. The lowest BCUT2D eigenvalue weighted by Crippen LogP contribution is -1.99. The Balaban J connectivity index is 2.12. The molecule has 2 rings (SSSR count). The minimum atomic E-state index is 0.253. The van der Waals surface area contributed by atoms with Crippen molar-refractivity contribution in [2.75, 3.05) is 6.61 Å². The molecular weight excluding hydrogens is 224 g/mol. The number of hydrogen-bond acceptors (Lipinski definition) is 2. The van der Waals surface area contributed by atoms with Gasteiger partial charge in [0.05, 0.1) is 6.20 Å². The average Bonchev–Trinajstić information content (AvgIpc) is 2.87. The summed E-state index contributed by atoms with van der Waals surface area (Å²) in [7, 11) is 0. The second kappa shape index (κ2) is 5.83. The zero-order valence-corrected chi connectivity index (χ0v) is 11.0. The average molecular weight is 244 g/mol. The van der Waals surface area contributed by atoms with Crippen molar-refractivity contribution in [3.05, 3.63) is 42.2 Å². The van der Waals surface area contributed by atoms with Crippen LogP contribution < -0.4 is 0 Å².